The Morgan fingerprint density at radius 1 is 1.18 bits per heavy atom. The summed E-state index contributed by atoms with van der Waals surface area (Å²) in [6, 6.07) is 13.6. The van der Waals surface area contributed by atoms with Gasteiger partial charge in [0.05, 0.1) is 6.10 Å². The monoisotopic (exact) mass is 380 g/mol. The number of rotatable bonds is 7. The average molecular weight is 380 g/mol. The number of amides is 1. The molecule has 0 fully saturated rings. The lowest BCUT2D eigenvalue weighted by molar-refractivity contribution is 0.0137. The fourth-order valence-corrected chi connectivity index (χ4v) is 4.68. The first-order valence-electron chi connectivity index (χ1n) is 10.1. The van der Waals surface area contributed by atoms with Gasteiger partial charge in [-0.1, -0.05) is 42.8 Å². The normalized spacial score (nSPS) is 23.2. The Labute approximate surface area is 166 Å². The summed E-state index contributed by atoms with van der Waals surface area (Å²) in [7, 11) is 1.78. The molecule has 3 N–H and O–H groups in total. The second kappa shape index (κ2) is 8.03. The van der Waals surface area contributed by atoms with E-state index in [1.54, 1.807) is 13.2 Å². The number of fused-ring (bicyclic) bond motifs is 2. The van der Waals surface area contributed by atoms with E-state index in [9.17, 15) is 9.90 Å². The maximum absolute atomic E-state index is 12.7. The molecule has 2 aromatic carbocycles. The van der Waals surface area contributed by atoms with Gasteiger partial charge in [0.2, 0.25) is 0 Å². The van der Waals surface area contributed by atoms with Gasteiger partial charge in [-0.15, -0.1) is 0 Å². The van der Waals surface area contributed by atoms with E-state index >= 15 is 0 Å². The SMILES string of the molecule is COC1c2ccc(CN3C(=O)c4ccccc4C3O)cc2CC1CCCCN. The number of unbranched alkanes of at least 4 members (excludes halogenated alkanes) is 1. The van der Waals surface area contributed by atoms with E-state index in [1.165, 1.54) is 16.0 Å². The fraction of sp³-hybridized carbons (Fsp3) is 0.435. The van der Waals surface area contributed by atoms with Crippen LogP contribution in [0, 0.1) is 5.92 Å². The first kappa shape index (κ1) is 19.1. The molecule has 1 aliphatic heterocycles. The molecule has 2 aliphatic rings. The molecule has 5 heteroatoms. The molecular weight excluding hydrogens is 352 g/mol. The van der Waals surface area contributed by atoms with Crippen molar-refractivity contribution in [1.29, 1.82) is 0 Å². The quantitative estimate of drug-likeness (QED) is 0.723. The van der Waals surface area contributed by atoms with E-state index in [1.807, 2.05) is 18.2 Å². The molecule has 5 nitrogen and oxygen atoms in total. The molecule has 1 heterocycles. The highest BCUT2D eigenvalue weighted by Crippen LogP contribution is 2.42. The number of hydrogen-bond donors (Lipinski definition) is 2. The van der Waals surface area contributed by atoms with Gasteiger partial charge in [-0.25, -0.2) is 0 Å². The van der Waals surface area contributed by atoms with E-state index in [2.05, 4.69) is 18.2 Å². The molecule has 0 aromatic heterocycles. The maximum atomic E-state index is 12.7. The first-order chi connectivity index (χ1) is 13.6. The molecule has 0 spiro atoms. The van der Waals surface area contributed by atoms with Crippen molar-refractivity contribution < 1.29 is 14.6 Å². The van der Waals surface area contributed by atoms with Crippen LogP contribution in [0.1, 0.15) is 64.2 Å². The van der Waals surface area contributed by atoms with Crippen LogP contribution in [-0.2, 0) is 17.7 Å². The van der Waals surface area contributed by atoms with Gasteiger partial charge >= 0.3 is 0 Å². The fourth-order valence-electron chi connectivity index (χ4n) is 4.68. The van der Waals surface area contributed by atoms with Crippen LogP contribution in [0.4, 0.5) is 0 Å². The highest BCUT2D eigenvalue weighted by molar-refractivity contribution is 5.98. The molecule has 148 valence electrons. The van der Waals surface area contributed by atoms with Crippen molar-refractivity contribution in [3.8, 4) is 0 Å². The van der Waals surface area contributed by atoms with E-state index in [-0.39, 0.29) is 12.0 Å². The number of aliphatic hydroxyl groups excluding tert-OH is 1. The smallest absolute Gasteiger partial charge is 0.256 e. The number of hydrogen-bond acceptors (Lipinski definition) is 4. The number of benzene rings is 2. The summed E-state index contributed by atoms with van der Waals surface area (Å²) in [5, 5.41) is 10.6. The van der Waals surface area contributed by atoms with Crippen LogP contribution in [0.3, 0.4) is 0 Å². The lowest BCUT2D eigenvalue weighted by Crippen LogP contribution is -2.27. The number of aliphatic hydroxyl groups is 1. The Morgan fingerprint density at radius 3 is 2.75 bits per heavy atom. The van der Waals surface area contributed by atoms with E-state index in [4.69, 9.17) is 10.5 Å². The van der Waals surface area contributed by atoms with Crippen molar-refractivity contribution in [3.05, 3.63) is 70.3 Å². The zero-order valence-electron chi connectivity index (χ0n) is 16.3. The first-order valence-corrected chi connectivity index (χ1v) is 10.1. The van der Waals surface area contributed by atoms with Gasteiger partial charge < -0.3 is 20.5 Å². The minimum atomic E-state index is -0.882. The number of nitrogens with zero attached hydrogens (tertiary/aromatic N) is 1. The van der Waals surface area contributed by atoms with Crippen LogP contribution >= 0.6 is 0 Å². The van der Waals surface area contributed by atoms with Gasteiger partial charge in [-0.05, 0) is 54.5 Å². The molecule has 3 atom stereocenters. The van der Waals surface area contributed by atoms with Gasteiger partial charge in [0, 0.05) is 24.8 Å². The molecule has 0 radical (unpaired) electrons. The Balaban J connectivity index is 1.50. The van der Waals surface area contributed by atoms with Crippen molar-refractivity contribution in [1.82, 2.24) is 4.90 Å². The zero-order valence-corrected chi connectivity index (χ0v) is 16.3. The summed E-state index contributed by atoms with van der Waals surface area (Å²) in [5.41, 5.74) is 10.5. The summed E-state index contributed by atoms with van der Waals surface area (Å²) in [4.78, 5) is 14.2. The topological polar surface area (TPSA) is 75.8 Å². The predicted octanol–water partition coefficient (Wildman–Crippen LogP) is 3.32. The predicted molar refractivity (Wildman–Crippen MR) is 108 cm³/mol. The average Bonchev–Trinajstić information content (AvgIpc) is 3.18. The number of methoxy groups -OCH3 is 1. The van der Waals surface area contributed by atoms with Crippen molar-refractivity contribution in [2.45, 2.75) is 44.6 Å². The number of ether oxygens (including phenoxy) is 1. The van der Waals surface area contributed by atoms with E-state index in [0.717, 1.165) is 37.8 Å². The van der Waals surface area contributed by atoms with Crippen LogP contribution in [0.15, 0.2) is 42.5 Å². The van der Waals surface area contributed by atoms with E-state index in [0.29, 0.717) is 23.6 Å². The standard InChI is InChI=1S/C23H28N2O3/c1-28-21-16(6-4-5-11-24)13-17-12-15(9-10-18(17)21)14-25-22(26)19-7-2-3-8-20(19)23(25)27/h2-3,7-10,12,16,21-22,26H,4-6,11,13-14,24H2,1H3. The summed E-state index contributed by atoms with van der Waals surface area (Å²) in [6.07, 6.45) is 3.51. The van der Waals surface area contributed by atoms with Crippen LogP contribution in [0.25, 0.3) is 0 Å². The van der Waals surface area contributed by atoms with Crippen molar-refractivity contribution in [2.24, 2.45) is 11.7 Å². The molecule has 1 amide bonds. The van der Waals surface area contributed by atoms with Crippen LogP contribution < -0.4 is 5.73 Å². The number of carbonyl (C=O) groups excluding carboxylic acids is 1. The van der Waals surface area contributed by atoms with E-state index < -0.39 is 6.23 Å². The molecular formula is C23H28N2O3. The van der Waals surface area contributed by atoms with Crippen molar-refractivity contribution >= 4 is 5.91 Å². The van der Waals surface area contributed by atoms with Gasteiger partial charge in [0.1, 0.15) is 0 Å². The molecule has 4 rings (SSSR count). The Bertz CT molecular complexity index is 867. The zero-order chi connectivity index (χ0) is 19.7. The highest BCUT2D eigenvalue weighted by Gasteiger charge is 2.36. The maximum Gasteiger partial charge on any atom is 0.256 e. The summed E-state index contributed by atoms with van der Waals surface area (Å²) in [5.74, 6) is 0.364. The summed E-state index contributed by atoms with van der Waals surface area (Å²) < 4.78 is 5.79. The molecule has 3 unspecified atom stereocenters. The van der Waals surface area contributed by atoms with Crippen LogP contribution in [0.5, 0.6) is 0 Å². The van der Waals surface area contributed by atoms with Crippen LogP contribution in [-0.4, -0.2) is 29.6 Å². The molecule has 28 heavy (non-hydrogen) atoms. The Hall–Kier alpha value is -2.21. The summed E-state index contributed by atoms with van der Waals surface area (Å²) >= 11 is 0. The highest BCUT2D eigenvalue weighted by atomic mass is 16.5. The lowest BCUT2D eigenvalue weighted by atomic mass is 9.96. The second-order valence-corrected chi connectivity index (χ2v) is 7.83. The van der Waals surface area contributed by atoms with Gasteiger partial charge in [0.25, 0.3) is 5.91 Å². The van der Waals surface area contributed by atoms with Crippen LogP contribution in [0.2, 0.25) is 0 Å². The largest absolute Gasteiger partial charge is 0.376 e. The lowest BCUT2D eigenvalue weighted by Gasteiger charge is -2.21. The minimum absolute atomic E-state index is 0.113. The third kappa shape index (κ3) is 3.34. The number of nitrogens with two attached hydrogens (primary N) is 1. The third-order valence-corrected chi connectivity index (χ3v) is 6.09. The summed E-state index contributed by atoms with van der Waals surface area (Å²) in [6.45, 7) is 1.13. The van der Waals surface area contributed by atoms with Gasteiger partial charge in [-0.3, -0.25) is 4.79 Å². The molecule has 0 saturated carbocycles. The second-order valence-electron chi connectivity index (χ2n) is 7.83. The number of carbonyl (C=O) groups is 1. The third-order valence-electron chi connectivity index (χ3n) is 6.09. The minimum Gasteiger partial charge on any atom is -0.376 e. The van der Waals surface area contributed by atoms with Crippen molar-refractivity contribution in [2.75, 3.05) is 13.7 Å². The van der Waals surface area contributed by atoms with Gasteiger partial charge in [-0.2, -0.15) is 0 Å². The Morgan fingerprint density at radius 2 is 2.00 bits per heavy atom. The molecule has 2 aromatic rings. The molecule has 1 aliphatic carbocycles. The molecule has 0 saturated heterocycles. The van der Waals surface area contributed by atoms with Gasteiger partial charge in [0.15, 0.2) is 6.23 Å². The Kier molecular flexibility index (Phi) is 5.49. The van der Waals surface area contributed by atoms with Crippen molar-refractivity contribution in [3.63, 3.8) is 0 Å². The molecule has 0 bridgehead atoms.